The zero-order valence-electron chi connectivity index (χ0n) is 12.7. The van der Waals surface area contributed by atoms with Crippen LogP contribution in [0.2, 0.25) is 0 Å². The lowest BCUT2D eigenvalue weighted by molar-refractivity contribution is 0.193. The molecule has 1 unspecified atom stereocenters. The van der Waals surface area contributed by atoms with E-state index in [9.17, 15) is 5.11 Å². The molecule has 0 aliphatic heterocycles. The Bertz CT molecular complexity index is 585. The molecule has 2 aromatic carbocycles. The highest BCUT2D eigenvalue weighted by Crippen LogP contribution is 2.28. The van der Waals surface area contributed by atoms with Gasteiger partial charge in [0.05, 0.1) is 12.1 Å². The zero-order chi connectivity index (χ0) is 15.3. The molecule has 3 N–H and O–H groups in total. The SMILES string of the molecule is Cc1ccc(SCCC(N)(CO)c2ccccc2)c(C)c1. The molecule has 0 aliphatic carbocycles. The van der Waals surface area contributed by atoms with Crippen LogP contribution in [0.15, 0.2) is 53.4 Å². The van der Waals surface area contributed by atoms with Crippen LogP contribution in [0.25, 0.3) is 0 Å². The van der Waals surface area contributed by atoms with E-state index < -0.39 is 5.54 Å². The van der Waals surface area contributed by atoms with Crippen molar-refractivity contribution in [2.45, 2.75) is 30.7 Å². The molecule has 112 valence electrons. The van der Waals surface area contributed by atoms with E-state index in [1.807, 2.05) is 30.3 Å². The van der Waals surface area contributed by atoms with Crippen molar-refractivity contribution in [2.24, 2.45) is 5.73 Å². The van der Waals surface area contributed by atoms with Crippen molar-refractivity contribution < 1.29 is 5.11 Å². The molecule has 0 amide bonds. The van der Waals surface area contributed by atoms with Gasteiger partial charge >= 0.3 is 0 Å². The summed E-state index contributed by atoms with van der Waals surface area (Å²) in [5, 5.41) is 9.69. The number of hydrogen-bond acceptors (Lipinski definition) is 3. The Hall–Kier alpha value is -1.29. The number of hydrogen-bond donors (Lipinski definition) is 2. The van der Waals surface area contributed by atoms with Crippen molar-refractivity contribution in [1.29, 1.82) is 0 Å². The van der Waals surface area contributed by atoms with Gasteiger partial charge in [0.2, 0.25) is 0 Å². The largest absolute Gasteiger partial charge is 0.394 e. The number of thioether (sulfide) groups is 1. The summed E-state index contributed by atoms with van der Waals surface area (Å²) in [4.78, 5) is 1.29. The van der Waals surface area contributed by atoms with E-state index in [-0.39, 0.29) is 6.61 Å². The minimum atomic E-state index is -0.660. The molecule has 21 heavy (non-hydrogen) atoms. The molecule has 2 rings (SSSR count). The van der Waals surface area contributed by atoms with Gasteiger partial charge in [-0.05, 0) is 37.5 Å². The van der Waals surface area contributed by atoms with Crippen LogP contribution >= 0.6 is 11.8 Å². The molecule has 1 atom stereocenters. The second-order valence-corrected chi connectivity index (χ2v) is 6.68. The van der Waals surface area contributed by atoms with Crippen molar-refractivity contribution in [3.8, 4) is 0 Å². The smallest absolute Gasteiger partial charge is 0.0653 e. The molecule has 2 aromatic rings. The number of nitrogens with two attached hydrogens (primary N) is 1. The monoisotopic (exact) mass is 301 g/mol. The van der Waals surface area contributed by atoms with Crippen LogP contribution in [0, 0.1) is 13.8 Å². The highest BCUT2D eigenvalue weighted by atomic mass is 32.2. The topological polar surface area (TPSA) is 46.2 Å². The van der Waals surface area contributed by atoms with Gasteiger partial charge in [-0.15, -0.1) is 11.8 Å². The quantitative estimate of drug-likeness (QED) is 0.801. The van der Waals surface area contributed by atoms with Crippen molar-refractivity contribution in [2.75, 3.05) is 12.4 Å². The second-order valence-electron chi connectivity index (χ2n) is 5.55. The highest BCUT2D eigenvalue weighted by Gasteiger charge is 2.25. The molecule has 0 fully saturated rings. The lowest BCUT2D eigenvalue weighted by Gasteiger charge is -2.27. The minimum Gasteiger partial charge on any atom is -0.394 e. The maximum absolute atomic E-state index is 9.69. The van der Waals surface area contributed by atoms with Crippen LogP contribution in [0.5, 0.6) is 0 Å². The summed E-state index contributed by atoms with van der Waals surface area (Å²) in [6.45, 7) is 4.20. The van der Waals surface area contributed by atoms with Gasteiger partial charge in [-0.3, -0.25) is 0 Å². The first-order valence-corrected chi connectivity index (χ1v) is 8.19. The Kier molecular flexibility index (Phi) is 5.45. The fourth-order valence-corrected chi connectivity index (χ4v) is 3.53. The Morgan fingerprint density at radius 2 is 1.81 bits per heavy atom. The number of aryl methyl sites for hydroxylation is 2. The van der Waals surface area contributed by atoms with Crippen molar-refractivity contribution >= 4 is 11.8 Å². The Morgan fingerprint density at radius 3 is 2.43 bits per heavy atom. The van der Waals surface area contributed by atoms with E-state index >= 15 is 0 Å². The molecular formula is C18H23NOS. The van der Waals surface area contributed by atoms with E-state index in [4.69, 9.17) is 5.73 Å². The first kappa shape index (κ1) is 16.1. The predicted octanol–water partition coefficient (Wildman–Crippen LogP) is 3.63. The normalized spacial score (nSPS) is 13.9. The first-order chi connectivity index (χ1) is 10.0. The molecule has 0 aliphatic rings. The summed E-state index contributed by atoms with van der Waals surface area (Å²) >= 11 is 1.80. The van der Waals surface area contributed by atoms with Crippen LogP contribution in [0.1, 0.15) is 23.1 Å². The molecule has 0 bridgehead atoms. The summed E-state index contributed by atoms with van der Waals surface area (Å²) in [5.41, 5.74) is 9.30. The minimum absolute atomic E-state index is 0.0372. The second kappa shape index (κ2) is 7.12. The predicted molar refractivity (Wildman–Crippen MR) is 90.7 cm³/mol. The third-order valence-corrected chi connectivity index (χ3v) is 4.94. The maximum atomic E-state index is 9.69. The highest BCUT2D eigenvalue weighted by molar-refractivity contribution is 7.99. The van der Waals surface area contributed by atoms with E-state index in [1.54, 1.807) is 11.8 Å². The Morgan fingerprint density at radius 1 is 1.10 bits per heavy atom. The molecule has 0 radical (unpaired) electrons. The van der Waals surface area contributed by atoms with E-state index in [0.717, 1.165) is 17.7 Å². The third kappa shape index (κ3) is 4.10. The van der Waals surface area contributed by atoms with Crippen molar-refractivity contribution in [1.82, 2.24) is 0 Å². The van der Waals surface area contributed by atoms with E-state index in [0.29, 0.717) is 0 Å². The summed E-state index contributed by atoms with van der Waals surface area (Å²) < 4.78 is 0. The molecule has 0 saturated heterocycles. The van der Waals surface area contributed by atoms with Crippen molar-refractivity contribution in [3.05, 3.63) is 65.2 Å². The van der Waals surface area contributed by atoms with Gasteiger partial charge in [-0.2, -0.15) is 0 Å². The van der Waals surface area contributed by atoms with Gasteiger partial charge < -0.3 is 10.8 Å². The van der Waals surface area contributed by atoms with Crippen molar-refractivity contribution in [3.63, 3.8) is 0 Å². The van der Waals surface area contributed by atoms with E-state index in [1.165, 1.54) is 16.0 Å². The fourth-order valence-electron chi connectivity index (χ4n) is 2.39. The van der Waals surface area contributed by atoms with Crippen LogP contribution < -0.4 is 5.73 Å². The standard InChI is InChI=1S/C18H23NOS/c1-14-8-9-17(15(2)12-14)21-11-10-18(19,13-20)16-6-4-3-5-7-16/h3-9,12,20H,10-11,13,19H2,1-2H3. The summed E-state index contributed by atoms with van der Waals surface area (Å²) in [6, 6.07) is 16.3. The number of benzene rings is 2. The molecule has 0 heterocycles. The lowest BCUT2D eigenvalue weighted by atomic mass is 9.89. The van der Waals surface area contributed by atoms with Gasteiger partial charge in [0, 0.05) is 10.6 Å². The van der Waals surface area contributed by atoms with Crippen LogP contribution in [-0.2, 0) is 5.54 Å². The van der Waals surface area contributed by atoms with Gasteiger partial charge in [0.25, 0.3) is 0 Å². The fraction of sp³-hybridized carbons (Fsp3) is 0.333. The van der Waals surface area contributed by atoms with Gasteiger partial charge in [0.1, 0.15) is 0 Å². The zero-order valence-corrected chi connectivity index (χ0v) is 13.5. The van der Waals surface area contributed by atoms with Gasteiger partial charge in [-0.25, -0.2) is 0 Å². The molecule has 3 heteroatoms. The van der Waals surface area contributed by atoms with Crippen LogP contribution in [0.4, 0.5) is 0 Å². The number of rotatable bonds is 6. The molecular weight excluding hydrogens is 278 g/mol. The Labute approximate surface area is 131 Å². The first-order valence-electron chi connectivity index (χ1n) is 7.20. The third-order valence-electron chi connectivity index (χ3n) is 3.77. The summed E-state index contributed by atoms with van der Waals surface area (Å²) in [5.74, 6) is 0.885. The summed E-state index contributed by atoms with van der Waals surface area (Å²) in [7, 11) is 0. The average molecular weight is 301 g/mol. The lowest BCUT2D eigenvalue weighted by Crippen LogP contribution is -2.41. The molecule has 0 aromatic heterocycles. The Balaban J connectivity index is 2.01. The van der Waals surface area contributed by atoms with Crippen LogP contribution in [0.3, 0.4) is 0 Å². The number of aliphatic hydroxyl groups is 1. The molecule has 2 nitrogen and oxygen atoms in total. The maximum Gasteiger partial charge on any atom is 0.0653 e. The molecule has 0 spiro atoms. The van der Waals surface area contributed by atoms with E-state index in [2.05, 4.69) is 32.0 Å². The van der Waals surface area contributed by atoms with Gasteiger partial charge in [-0.1, -0.05) is 48.0 Å². The number of aliphatic hydroxyl groups excluding tert-OH is 1. The van der Waals surface area contributed by atoms with Crippen LogP contribution in [-0.4, -0.2) is 17.5 Å². The average Bonchev–Trinajstić information content (AvgIpc) is 2.50. The summed E-state index contributed by atoms with van der Waals surface area (Å²) in [6.07, 6.45) is 0.742. The molecule has 0 saturated carbocycles. The van der Waals surface area contributed by atoms with Gasteiger partial charge in [0.15, 0.2) is 0 Å².